The third kappa shape index (κ3) is 4.54. The molecule has 5 heteroatoms. The Morgan fingerprint density at radius 3 is 2.33 bits per heavy atom. The molecule has 0 spiro atoms. The molecule has 0 aliphatic rings. The number of esters is 1. The van der Waals surface area contributed by atoms with Crippen LogP contribution in [-0.4, -0.2) is 37.3 Å². The van der Waals surface area contributed by atoms with Crippen LogP contribution in [0.25, 0.3) is 0 Å². The number of hydrogen-bond donors (Lipinski definition) is 0. The molecule has 0 aromatic carbocycles. The lowest BCUT2D eigenvalue weighted by atomic mass is 10.7. The fourth-order valence-corrected chi connectivity index (χ4v) is 0.402. The number of amides is 1. The summed E-state index contributed by atoms with van der Waals surface area (Å²) in [4.78, 5) is 22.5. The van der Waals surface area contributed by atoms with Crippen molar-refractivity contribution >= 4 is 12.1 Å². The molecule has 0 aliphatic carbocycles. The van der Waals surface area contributed by atoms with Crippen LogP contribution in [0.4, 0.5) is 4.79 Å². The SMILES string of the molecule is CCN(C)C(=O)OCOC(C)=O. The molecule has 5 nitrogen and oxygen atoms in total. The Balaban J connectivity index is 3.50. The van der Waals surface area contributed by atoms with Gasteiger partial charge in [-0.1, -0.05) is 0 Å². The van der Waals surface area contributed by atoms with Crippen LogP contribution in [0.3, 0.4) is 0 Å². The van der Waals surface area contributed by atoms with Crippen LogP contribution in [-0.2, 0) is 14.3 Å². The van der Waals surface area contributed by atoms with Gasteiger partial charge in [-0.25, -0.2) is 4.79 Å². The minimum atomic E-state index is -0.501. The van der Waals surface area contributed by atoms with E-state index in [9.17, 15) is 9.59 Å². The zero-order valence-corrected chi connectivity index (χ0v) is 7.49. The van der Waals surface area contributed by atoms with E-state index < -0.39 is 12.1 Å². The van der Waals surface area contributed by atoms with E-state index in [0.717, 1.165) is 0 Å². The van der Waals surface area contributed by atoms with Gasteiger partial charge in [0, 0.05) is 20.5 Å². The highest BCUT2D eigenvalue weighted by Crippen LogP contribution is 1.89. The zero-order chi connectivity index (χ0) is 9.56. The van der Waals surface area contributed by atoms with Crippen LogP contribution in [0.1, 0.15) is 13.8 Å². The molecule has 0 atom stereocenters. The van der Waals surface area contributed by atoms with Gasteiger partial charge in [-0.2, -0.15) is 0 Å². The first-order valence-corrected chi connectivity index (χ1v) is 3.59. The highest BCUT2D eigenvalue weighted by molar-refractivity contribution is 5.68. The highest BCUT2D eigenvalue weighted by Gasteiger charge is 2.06. The second kappa shape index (κ2) is 5.40. The summed E-state index contributed by atoms with van der Waals surface area (Å²) < 4.78 is 8.95. The molecule has 1 amide bonds. The molecular weight excluding hydrogens is 162 g/mol. The van der Waals surface area contributed by atoms with Crippen molar-refractivity contribution in [3.8, 4) is 0 Å². The maximum atomic E-state index is 10.9. The van der Waals surface area contributed by atoms with Gasteiger partial charge in [-0.3, -0.25) is 4.79 Å². The predicted octanol–water partition coefficient (Wildman–Crippen LogP) is 0.595. The first-order chi connectivity index (χ1) is 5.57. The predicted molar refractivity (Wildman–Crippen MR) is 41.4 cm³/mol. The van der Waals surface area contributed by atoms with Crippen molar-refractivity contribution in [1.82, 2.24) is 4.90 Å². The topological polar surface area (TPSA) is 55.8 Å². The average Bonchev–Trinajstić information content (AvgIpc) is 2.02. The molecule has 0 aromatic heterocycles. The summed E-state index contributed by atoms with van der Waals surface area (Å²) in [5, 5.41) is 0. The number of carbonyl (C=O) groups is 2. The van der Waals surface area contributed by atoms with Crippen molar-refractivity contribution < 1.29 is 19.1 Å². The van der Waals surface area contributed by atoms with E-state index >= 15 is 0 Å². The van der Waals surface area contributed by atoms with Crippen LogP contribution >= 0.6 is 0 Å². The largest absolute Gasteiger partial charge is 0.428 e. The summed E-state index contributed by atoms with van der Waals surface area (Å²) in [6, 6.07) is 0. The van der Waals surface area contributed by atoms with Crippen molar-refractivity contribution in [3.05, 3.63) is 0 Å². The molecule has 70 valence electrons. The number of nitrogens with zero attached hydrogens (tertiary/aromatic N) is 1. The number of hydrogen-bond acceptors (Lipinski definition) is 4. The molecule has 0 aromatic rings. The molecule has 0 fully saturated rings. The first kappa shape index (κ1) is 10.7. The molecule has 12 heavy (non-hydrogen) atoms. The first-order valence-electron chi connectivity index (χ1n) is 3.59. The van der Waals surface area contributed by atoms with Crippen molar-refractivity contribution in [2.75, 3.05) is 20.4 Å². The van der Waals surface area contributed by atoms with E-state index in [-0.39, 0.29) is 6.79 Å². The molecular formula is C7H13NO4. The number of rotatable bonds is 3. The van der Waals surface area contributed by atoms with Crippen LogP contribution in [0.5, 0.6) is 0 Å². The summed E-state index contributed by atoms with van der Waals surface area (Å²) in [7, 11) is 1.59. The quantitative estimate of drug-likeness (QED) is 0.465. The fourth-order valence-electron chi connectivity index (χ4n) is 0.402. The maximum absolute atomic E-state index is 10.9. The summed E-state index contributed by atoms with van der Waals surface area (Å²) in [6.45, 7) is 3.29. The second-order valence-electron chi connectivity index (χ2n) is 2.18. The van der Waals surface area contributed by atoms with E-state index in [1.807, 2.05) is 6.92 Å². The minimum Gasteiger partial charge on any atom is -0.428 e. The molecule has 0 unspecified atom stereocenters. The molecule has 0 bridgehead atoms. The summed E-state index contributed by atoms with van der Waals surface area (Å²) >= 11 is 0. The van der Waals surface area contributed by atoms with Gasteiger partial charge in [-0.15, -0.1) is 0 Å². The Labute approximate surface area is 71.2 Å². The number of carbonyl (C=O) groups excluding carboxylic acids is 2. The lowest BCUT2D eigenvalue weighted by molar-refractivity contribution is -0.149. The van der Waals surface area contributed by atoms with Crippen molar-refractivity contribution in [2.45, 2.75) is 13.8 Å². The average molecular weight is 175 g/mol. The van der Waals surface area contributed by atoms with Crippen LogP contribution in [0, 0.1) is 0 Å². The van der Waals surface area contributed by atoms with Gasteiger partial charge in [0.25, 0.3) is 0 Å². The van der Waals surface area contributed by atoms with Gasteiger partial charge in [0.2, 0.25) is 6.79 Å². The van der Waals surface area contributed by atoms with Crippen LogP contribution in [0.15, 0.2) is 0 Å². The van der Waals surface area contributed by atoms with Crippen molar-refractivity contribution in [1.29, 1.82) is 0 Å². The molecule has 0 rings (SSSR count). The summed E-state index contributed by atoms with van der Waals surface area (Å²) in [5.41, 5.74) is 0. The van der Waals surface area contributed by atoms with Gasteiger partial charge >= 0.3 is 12.1 Å². The third-order valence-electron chi connectivity index (χ3n) is 1.23. The molecule has 0 heterocycles. The fraction of sp³-hybridized carbons (Fsp3) is 0.714. The molecule has 0 aliphatic heterocycles. The van der Waals surface area contributed by atoms with Gasteiger partial charge in [0.05, 0.1) is 0 Å². The van der Waals surface area contributed by atoms with Gasteiger partial charge in [0.1, 0.15) is 0 Å². The third-order valence-corrected chi connectivity index (χ3v) is 1.23. The normalized spacial score (nSPS) is 8.92. The second-order valence-corrected chi connectivity index (χ2v) is 2.18. The Morgan fingerprint density at radius 2 is 1.92 bits per heavy atom. The van der Waals surface area contributed by atoms with E-state index in [4.69, 9.17) is 0 Å². The van der Waals surface area contributed by atoms with E-state index in [0.29, 0.717) is 6.54 Å². The van der Waals surface area contributed by atoms with Crippen molar-refractivity contribution in [3.63, 3.8) is 0 Å². The molecule has 0 saturated carbocycles. The van der Waals surface area contributed by atoms with E-state index in [2.05, 4.69) is 9.47 Å². The lowest BCUT2D eigenvalue weighted by Gasteiger charge is -2.13. The van der Waals surface area contributed by atoms with E-state index in [1.165, 1.54) is 11.8 Å². The zero-order valence-electron chi connectivity index (χ0n) is 7.49. The maximum Gasteiger partial charge on any atom is 0.412 e. The van der Waals surface area contributed by atoms with Crippen LogP contribution in [0.2, 0.25) is 0 Å². The minimum absolute atomic E-state index is 0.321. The highest BCUT2D eigenvalue weighted by atomic mass is 16.7. The monoisotopic (exact) mass is 175 g/mol. The smallest absolute Gasteiger partial charge is 0.412 e. The molecule has 0 saturated heterocycles. The standard InChI is InChI=1S/C7H13NO4/c1-4-8(3)7(10)12-5-11-6(2)9/h4-5H2,1-3H3. The lowest BCUT2D eigenvalue weighted by Crippen LogP contribution is -2.28. The number of ether oxygens (including phenoxy) is 2. The van der Waals surface area contributed by atoms with Gasteiger partial charge < -0.3 is 14.4 Å². The Bertz CT molecular complexity index is 169. The summed E-state index contributed by atoms with van der Waals surface area (Å²) in [6.07, 6.45) is -0.501. The summed E-state index contributed by atoms with van der Waals surface area (Å²) in [5.74, 6) is -0.470. The Hall–Kier alpha value is -1.26. The van der Waals surface area contributed by atoms with Gasteiger partial charge in [-0.05, 0) is 6.92 Å². The Morgan fingerprint density at radius 1 is 1.33 bits per heavy atom. The van der Waals surface area contributed by atoms with Crippen molar-refractivity contribution in [2.24, 2.45) is 0 Å². The van der Waals surface area contributed by atoms with Gasteiger partial charge in [0.15, 0.2) is 0 Å². The van der Waals surface area contributed by atoms with Crippen LogP contribution < -0.4 is 0 Å². The van der Waals surface area contributed by atoms with E-state index in [1.54, 1.807) is 7.05 Å². The molecule has 0 N–H and O–H groups in total. The Kier molecular flexibility index (Phi) is 4.83. The molecule has 0 radical (unpaired) electrons.